The van der Waals surface area contributed by atoms with Crippen molar-refractivity contribution in [2.24, 2.45) is 0 Å². The molecule has 7 heteroatoms. The number of carbonyl (C=O) groups excluding carboxylic acids is 3. The molecule has 2 aromatic carbocycles. The van der Waals surface area contributed by atoms with Crippen LogP contribution in [0.15, 0.2) is 61.2 Å². The highest BCUT2D eigenvalue weighted by Crippen LogP contribution is 2.20. The van der Waals surface area contributed by atoms with Gasteiger partial charge in [0, 0.05) is 17.5 Å². The molecule has 0 amide bonds. The lowest BCUT2D eigenvalue weighted by molar-refractivity contribution is -0.138. The highest BCUT2D eigenvalue weighted by atomic mass is 35.5. The molecule has 0 fully saturated rings. The molecule has 0 bridgehead atoms. The second kappa shape index (κ2) is 11.7. The van der Waals surface area contributed by atoms with Crippen molar-refractivity contribution in [1.29, 1.82) is 0 Å². The molecule has 0 unspecified atom stereocenters. The average molecular weight is 417 g/mol. The maximum Gasteiger partial charge on any atom is 0.343 e. The van der Waals surface area contributed by atoms with Gasteiger partial charge in [0.25, 0.3) is 0 Å². The van der Waals surface area contributed by atoms with Gasteiger partial charge in [-0.2, -0.15) is 0 Å². The Morgan fingerprint density at radius 1 is 0.862 bits per heavy atom. The second-order valence-corrected chi connectivity index (χ2v) is 6.46. The molecule has 29 heavy (non-hydrogen) atoms. The van der Waals surface area contributed by atoms with E-state index in [9.17, 15) is 14.4 Å². The molecule has 0 spiro atoms. The molecule has 0 saturated carbocycles. The summed E-state index contributed by atoms with van der Waals surface area (Å²) in [7, 11) is 0. The van der Waals surface area contributed by atoms with E-state index in [4.69, 9.17) is 25.8 Å². The Bertz CT molecular complexity index is 843. The number of esters is 3. The summed E-state index contributed by atoms with van der Waals surface area (Å²) in [5, 5.41) is 0.531. The first kappa shape index (κ1) is 22.2. The Labute approximate surface area is 174 Å². The number of carbonyl (C=O) groups is 3. The Hall–Kier alpha value is -3.12. The van der Waals surface area contributed by atoms with Gasteiger partial charge in [0.05, 0.1) is 12.2 Å². The van der Waals surface area contributed by atoms with E-state index in [1.54, 1.807) is 48.5 Å². The van der Waals surface area contributed by atoms with Gasteiger partial charge >= 0.3 is 17.9 Å². The van der Waals surface area contributed by atoms with Gasteiger partial charge in [-0.3, -0.25) is 4.79 Å². The Morgan fingerprint density at radius 2 is 1.48 bits per heavy atom. The molecular weight excluding hydrogens is 396 g/mol. The van der Waals surface area contributed by atoms with Crippen molar-refractivity contribution in [2.45, 2.75) is 25.7 Å². The first-order chi connectivity index (χ1) is 14.0. The van der Waals surface area contributed by atoms with Crippen molar-refractivity contribution in [3.63, 3.8) is 0 Å². The summed E-state index contributed by atoms with van der Waals surface area (Å²) in [6.07, 6.45) is 3.39. The van der Waals surface area contributed by atoms with Crippen LogP contribution in [0.2, 0.25) is 5.02 Å². The van der Waals surface area contributed by atoms with E-state index in [1.807, 2.05) is 0 Å². The minimum Gasteiger partial charge on any atom is -0.463 e. The maximum atomic E-state index is 12.1. The summed E-state index contributed by atoms with van der Waals surface area (Å²) >= 11 is 5.79. The lowest BCUT2D eigenvalue weighted by atomic mass is 10.2. The molecule has 0 radical (unpaired) electrons. The van der Waals surface area contributed by atoms with Gasteiger partial charge in [0.2, 0.25) is 0 Å². The van der Waals surface area contributed by atoms with E-state index in [-0.39, 0.29) is 12.4 Å². The highest BCUT2D eigenvalue weighted by molar-refractivity contribution is 6.30. The highest BCUT2D eigenvalue weighted by Gasteiger charge is 2.10. The van der Waals surface area contributed by atoms with Crippen molar-refractivity contribution >= 4 is 29.5 Å². The molecule has 0 aliphatic heterocycles. The first-order valence-electron chi connectivity index (χ1n) is 9.05. The Morgan fingerprint density at radius 3 is 2.10 bits per heavy atom. The van der Waals surface area contributed by atoms with Crippen LogP contribution < -0.4 is 9.47 Å². The third kappa shape index (κ3) is 8.19. The van der Waals surface area contributed by atoms with Crippen molar-refractivity contribution < 1.29 is 28.6 Å². The number of unbranched alkanes of at least 4 members (excludes halogenated alkanes) is 2. The minimum atomic E-state index is -0.509. The predicted molar refractivity (Wildman–Crippen MR) is 108 cm³/mol. The molecule has 0 heterocycles. The number of ether oxygens (including phenoxy) is 3. The van der Waals surface area contributed by atoms with Crippen LogP contribution in [0.5, 0.6) is 11.5 Å². The molecule has 6 nitrogen and oxygen atoms in total. The number of hydrogen-bond acceptors (Lipinski definition) is 6. The zero-order chi connectivity index (χ0) is 21.1. The van der Waals surface area contributed by atoms with Gasteiger partial charge in [-0.1, -0.05) is 18.2 Å². The number of benzene rings is 2. The van der Waals surface area contributed by atoms with Crippen LogP contribution in [0.4, 0.5) is 0 Å². The fourth-order valence-corrected chi connectivity index (χ4v) is 2.42. The van der Waals surface area contributed by atoms with Crippen molar-refractivity contribution in [3.05, 3.63) is 71.8 Å². The summed E-state index contributed by atoms with van der Waals surface area (Å²) in [6.45, 7) is 3.61. The quantitative estimate of drug-likeness (QED) is 0.240. The SMILES string of the molecule is C=CC(=O)OCCCCCC(=O)Oc1ccc(OC(=O)c2ccc(Cl)cc2)cc1. The van der Waals surface area contributed by atoms with Gasteiger partial charge in [-0.15, -0.1) is 0 Å². The van der Waals surface area contributed by atoms with Crippen molar-refractivity contribution in [3.8, 4) is 11.5 Å². The summed E-state index contributed by atoms with van der Waals surface area (Å²) < 4.78 is 15.4. The third-order valence-corrected chi connectivity index (χ3v) is 4.03. The summed E-state index contributed by atoms with van der Waals surface area (Å²) in [6, 6.07) is 12.6. The largest absolute Gasteiger partial charge is 0.463 e. The molecule has 0 N–H and O–H groups in total. The summed E-state index contributed by atoms with van der Waals surface area (Å²) in [4.78, 5) is 34.8. The van der Waals surface area contributed by atoms with Crippen molar-refractivity contribution in [1.82, 2.24) is 0 Å². The van der Waals surface area contributed by atoms with Crippen LogP contribution in [0.25, 0.3) is 0 Å². The molecule has 2 rings (SSSR count). The molecule has 0 aliphatic carbocycles. The van der Waals surface area contributed by atoms with Gasteiger partial charge in [0.1, 0.15) is 11.5 Å². The maximum absolute atomic E-state index is 12.1. The molecule has 0 aliphatic rings. The lowest BCUT2D eigenvalue weighted by Gasteiger charge is -2.07. The zero-order valence-electron chi connectivity index (χ0n) is 15.8. The van der Waals surface area contributed by atoms with Crippen LogP contribution in [0.1, 0.15) is 36.0 Å². The zero-order valence-corrected chi connectivity index (χ0v) is 16.5. The van der Waals surface area contributed by atoms with Crippen LogP contribution >= 0.6 is 11.6 Å². The van der Waals surface area contributed by atoms with Gasteiger partial charge in [-0.25, -0.2) is 9.59 Å². The smallest absolute Gasteiger partial charge is 0.343 e. The number of rotatable bonds is 10. The monoisotopic (exact) mass is 416 g/mol. The third-order valence-electron chi connectivity index (χ3n) is 3.78. The molecule has 0 atom stereocenters. The summed E-state index contributed by atoms with van der Waals surface area (Å²) in [5.41, 5.74) is 0.379. The van der Waals surface area contributed by atoms with Gasteiger partial charge in [0.15, 0.2) is 0 Å². The molecule has 0 aromatic heterocycles. The fraction of sp³-hybridized carbons (Fsp3) is 0.227. The first-order valence-corrected chi connectivity index (χ1v) is 9.43. The Balaban J connectivity index is 1.70. The van der Waals surface area contributed by atoms with E-state index >= 15 is 0 Å². The van der Waals surface area contributed by atoms with E-state index in [0.29, 0.717) is 41.5 Å². The lowest BCUT2D eigenvalue weighted by Crippen LogP contribution is -2.09. The Kier molecular flexibility index (Phi) is 8.92. The topological polar surface area (TPSA) is 78.9 Å². The minimum absolute atomic E-state index is 0.253. The van der Waals surface area contributed by atoms with Crippen LogP contribution in [0.3, 0.4) is 0 Å². The number of halogens is 1. The van der Waals surface area contributed by atoms with E-state index in [1.165, 1.54) is 0 Å². The molecule has 152 valence electrons. The predicted octanol–water partition coefficient (Wildman–Crippen LogP) is 4.75. The standard InChI is InChI=1S/C22H21ClO6/c1-2-20(24)27-15-5-3-4-6-21(25)28-18-11-13-19(14-12-18)29-22(26)16-7-9-17(23)10-8-16/h2,7-14H,1,3-6,15H2. The molecule has 0 saturated heterocycles. The summed E-state index contributed by atoms with van der Waals surface area (Å²) in [5.74, 6) is -0.629. The molecule has 2 aromatic rings. The van der Waals surface area contributed by atoms with Gasteiger partial charge in [-0.05, 0) is 67.8 Å². The van der Waals surface area contributed by atoms with Crippen LogP contribution in [-0.4, -0.2) is 24.5 Å². The van der Waals surface area contributed by atoms with E-state index in [2.05, 4.69) is 6.58 Å². The molecular formula is C22H21ClO6. The van der Waals surface area contributed by atoms with Crippen LogP contribution in [0, 0.1) is 0 Å². The normalized spacial score (nSPS) is 10.1. The van der Waals surface area contributed by atoms with E-state index in [0.717, 1.165) is 12.5 Å². The average Bonchev–Trinajstić information content (AvgIpc) is 2.72. The van der Waals surface area contributed by atoms with Crippen LogP contribution in [-0.2, 0) is 14.3 Å². The fourth-order valence-electron chi connectivity index (χ4n) is 2.29. The van der Waals surface area contributed by atoms with Crippen molar-refractivity contribution in [2.75, 3.05) is 6.61 Å². The second-order valence-electron chi connectivity index (χ2n) is 6.02. The van der Waals surface area contributed by atoms with E-state index < -0.39 is 11.9 Å². The van der Waals surface area contributed by atoms with Gasteiger partial charge < -0.3 is 14.2 Å². The number of hydrogen-bond donors (Lipinski definition) is 0.